The fourth-order valence-corrected chi connectivity index (χ4v) is 3.41. The maximum absolute atomic E-state index is 13.2. The minimum absolute atomic E-state index is 0.0361. The zero-order valence-corrected chi connectivity index (χ0v) is 17.5. The summed E-state index contributed by atoms with van der Waals surface area (Å²) in [5, 5.41) is 0. The molecule has 0 radical (unpaired) electrons. The van der Waals surface area contributed by atoms with Gasteiger partial charge in [0.15, 0.2) is 0 Å². The molecule has 0 bridgehead atoms. The zero-order chi connectivity index (χ0) is 20.5. The van der Waals surface area contributed by atoms with Gasteiger partial charge in [-0.3, -0.25) is 14.5 Å². The highest BCUT2D eigenvalue weighted by atomic mass is 19.1. The van der Waals surface area contributed by atoms with E-state index in [9.17, 15) is 14.0 Å². The molecule has 1 aromatic carbocycles. The van der Waals surface area contributed by atoms with E-state index < -0.39 is 0 Å². The number of piperazine rings is 1. The van der Waals surface area contributed by atoms with Crippen LogP contribution in [0.5, 0.6) is 0 Å². The largest absolute Gasteiger partial charge is 0.340 e. The van der Waals surface area contributed by atoms with Crippen LogP contribution in [0.2, 0.25) is 0 Å². The SMILES string of the molecule is CCCCC(=O)N(CCN1CCN(C(=O)C(C)C)CC1)Cc1ccc(F)cc1. The highest BCUT2D eigenvalue weighted by Crippen LogP contribution is 2.11. The summed E-state index contributed by atoms with van der Waals surface area (Å²) in [5.41, 5.74) is 0.943. The van der Waals surface area contributed by atoms with E-state index in [-0.39, 0.29) is 23.5 Å². The van der Waals surface area contributed by atoms with Crippen molar-refractivity contribution >= 4 is 11.8 Å². The lowest BCUT2D eigenvalue weighted by atomic mass is 10.1. The predicted molar refractivity (Wildman–Crippen MR) is 109 cm³/mol. The first-order chi connectivity index (χ1) is 13.4. The minimum atomic E-state index is -0.263. The van der Waals surface area contributed by atoms with Crippen LogP contribution in [-0.4, -0.2) is 65.8 Å². The Balaban J connectivity index is 1.88. The van der Waals surface area contributed by atoms with Crippen molar-refractivity contribution in [2.75, 3.05) is 39.3 Å². The molecular weight excluding hydrogens is 357 g/mol. The van der Waals surface area contributed by atoms with Gasteiger partial charge in [-0.2, -0.15) is 0 Å². The average molecular weight is 392 g/mol. The molecule has 0 unspecified atom stereocenters. The Morgan fingerprint density at radius 1 is 1.11 bits per heavy atom. The molecule has 0 N–H and O–H groups in total. The summed E-state index contributed by atoms with van der Waals surface area (Å²) in [7, 11) is 0. The zero-order valence-electron chi connectivity index (χ0n) is 17.5. The summed E-state index contributed by atoms with van der Waals surface area (Å²) in [5.74, 6) is 0.141. The highest BCUT2D eigenvalue weighted by molar-refractivity contribution is 5.78. The molecular formula is C22H34FN3O2. The van der Waals surface area contributed by atoms with Gasteiger partial charge in [0.25, 0.3) is 0 Å². The molecule has 156 valence electrons. The van der Waals surface area contributed by atoms with Gasteiger partial charge in [0.05, 0.1) is 0 Å². The molecule has 0 saturated carbocycles. The Morgan fingerprint density at radius 3 is 2.32 bits per heavy atom. The van der Waals surface area contributed by atoms with Gasteiger partial charge in [0.2, 0.25) is 11.8 Å². The second kappa shape index (κ2) is 11.1. The van der Waals surface area contributed by atoms with Crippen molar-refractivity contribution in [3.8, 4) is 0 Å². The summed E-state index contributed by atoms with van der Waals surface area (Å²) in [6.45, 7) is 11.1. The quantitative estimate of drug-likeness (QED) is 0.650. The molecule has 1 aromatic rings. The number of carbonyl (C=O) groups is 2. The van der Waals surface area contributed by atoms with E-state index in [1.807, 2.05) is 23.6 Å². The summed E-state index contributed by atoms with van der Waals surface area (Å²) >= 11 is 0. The lowest BCUT2D eigenvalue weighted by Gasteiger charge is -2.36. The standard InChI is InChI=1S/C22H34FN3O2/c1-4-5-6-21(27)26(17-19-7-9-20(23)10-8-19)16-13-24-11-14-25(15-12-24)22(28)18(2)3/h7-10,18H,4-6,11-17H2,1-3H3. The Labute approximate surface area is 168 Å². The van der Waals surface area contributed by atoms with E-state index in [0.717, 1.165) is 51.1 Å². The van der Waals surface area contributed by atoms with Crippen LogP contribution in [-0.2, 0) is 16.1 Å². The fourth-order valence-electron chi connectivity index (χ4n) is 3.41. The molecule has 6 heteroatoms. The van der Waals surface area contributed by atoms with Crippen molar-refractivity contribution in [2.24, 2.45) is 5.92 Å². The van der Waals surface area contributed by atoms with Gasteiger partial charge in [0.1, 0.15) is 5.82 Å². The summed E-state index contributed by atoms with van der Waals surface area (Å²) in [4.78, 5) is 30.9. The number of halogens is 1. The smallest absolute Gasteiger partial charge is 0.225 e. The van der Waals surface area contributed by atoms with Gasteiger partial charge >= 0.3 is 0 Å². The molecule has 1 fully saturated rings. The first-order valence-electron chi connectivity index (χ1n) is 10.4. The van der Waals surface area contributed by atoms with Crippen LogP contribution in [0.4, 0.5) is 4.39 Å². The molecule has 1 saturated heterocycles. The predicted octanol–water partition coefficient (Wildman–Crippen LogP) is 3.14. The molecule has 1 aliphatic rings. The molecule has 2 rings (SSSR count). The monoisotopic (exact) mass is 391 g/mol. The average Bonchev–Trinajstić information content (AvgIpc) is 2.70. The third kappa shape index (κ3) is 6.89. The van der Waals surface area contributed by atoms with Crippen LogP contribution in [0.1, 0.15) is 45.6 Å². The fraction of sp³-hybridized carbons (Fsp3) is 0.636. The first kappa shape index (κ1) is 22.3. The van der Waals surface area contributed by atoms with E-state index in [1.165, 1.54) is 12.1 Å². The normalized spacial score (nSPS) is 15.1. The van der Waals surface area contributed by atoms with Gasteiger partial charge in [-0.1, -0.05) is 39.3 Å². The maximum atomic E-state index is 13.2. The molecule has 0 atom stereocenters. The molecule has 1 aliphatic heterocycles. The Kier molecular flexibility index (Phi) is 8.90. The maximum Gasteiger partial charge on any atom is 0.225 e. The van der Waals surface area contributed by atoms with Gasteiger partial charge in [-0.25, -0.2) is 4.39 Å². The Morgan fingerprint density at radius 2 is 1.75 bits per heavy atom. The lowest BCUT2D eigenvalue weighted by molar-refractivity contribution is -0.136. The second-order valence-corrected chi connectivity index (χ2v) is 7.87. The Bertz CT molecular complexity index is 625. The third-order valence-electron chi connectivity index (χ3n) is 5.25. The van der Waals surface area contributed by atoms with Crippen LogP contribution in [0.15, 0.2) is 24.3 Å². The molecule has 0 aromatic heterocycles. The molecule has 0 spiro atoms. The number of benzene rings is 1. The Hall–Kier alpha value is -1.95. The van der Waals surface area contributed by atoms with Crippen LogP contribution in [0.25, 0.3) is 0 Å². The van der Waals surface area contributed by atoms with E-state index in [1.54, 1.807) is 12.1 Å². The van der Waals surface area contributed by atoms with Crippen molar-refractivity contribution in [1.82, 2.24) is 14.7 Å². The van der Waals surface area contributed by atoms with E-state index in [4.69, 9.17) is 0 Å². The second-order valence-electron chi connectivity index (χ2n) is 7.87. The van der Waals surface area contributed by atoms with Gasteiger partial charge < -0.3 is 9.80 Å². The molecule has 28 heavy (non-hydrogen) atoms. The first-order valence-corrected chi connectivity index (χ1v) is 10.4. The summed E-state index contributed by atoms with van der Waals surface area (Å²) in [6, 6.07) is 6.36. The molecule has 5 nitrogen and oxygen atoms in total. The van der Waals surface area contributed by atoms with Crippen molar-refractivity contribution in [2.45, 2.75) is 46.6 Å². The number of hydrogen-bond donors (Lipinski definition) is 0. The van der Waals surface area contributed by atoms with Crippen LogP contribution < -0.4 is 0 Å². The van der Waals surface area contributed by atoms with Crippen LogP contribution >= 0.6 is 0 Å². The van der Waals surface area contributed by atoms with Crippen LogP contribution in [0, 0.1) is 11.7 Å². The van der Waals surface area contributed by atoms with Crippen molar-refractivity contribution in [1.29, 1.82) is 0 Å². The van der Waals surface area contributed by atoms with E-state index in [2.05, 4.69) is 11.8 Å². The van der Waals surface area contributed by atoms with E-state index in [0.29, 0.717) is 19.5 Å². The topological polar surface area (TPSA) is 43.9 Å². The number of carbonyl (C=O) groups excluding carboxylic acids is 2. The lowest BCUT2D eigenvalue weighted by Crippen LogP contribution is -2.51. The molecule has 0 aliphatic carbocycles. The number of rotatable bonds is 9. The number of nitrogens with zero attached hydrogens (tertiary/aromatic N) is 3. The molecule has 1 heterocycles. The number of hydrogen-bond acceptors (Lipinski definition) is 3. The number of unbranched alkanes of at least 4 members (excludes halogenated alkanes) is 1. The summed E-state index contributed by atoms with van der Waals surface area (Å²) in [6.07, 6.45) is 2.42. The molecule has 2 amide bonds. The van der Waals surface area contributed by atoms with Crippen molar-refractivity contribution < 1.29 is 14.0 Å². The van der Waals surface area contributed by atoms with Crippen molar-refractivity contribution in [3.63, 3.8) is 0 Å². The van der Waals surface area contributed by atoms with Crippen LogP contribution in [0.3, 0.4) is 0 Å². The van der Waals surface area contributed by atoms with E-state index >= 15 is 0 Å². The number of amides is 2. The third-order valence-corrected chi connectivity index (χ3v) is 5.25. The van der Waals surface area contributed by atoms with Gasteiger partial charge in [0, 0.05) is 58.2 Å². The summed E-state index contributed by atoms with van der Waals surface area (Å²) < 4.78 is 13.2. The van der Waals surface area contributed by atoms with Gasteiger partial charge in [-0.15, -0.1) is 0 Å². The van der Waals surface area contributed by atoms with Crippen molar-refractivity contribution in [3.05, 3.63) is 35.6 Å². The van der Waals surface area contributed by atoms with Gasteiger partial charge in [-0.05, 0) is 24.1 Å². The highest BCUT2D eigenvalue weighted by Gasteiger charge is 2.23. The minimum Gasteiger partial charge on any atom is -0.340 e.